The summed E-state index contributed by atoms with van der Waals surface area (Å²) < 4.78 is 75.8. The largest absolute Gasteiger partial charge is 0.446 e. The molecule has 2 N–H and O–H groups in total. The van der Waals surface area contributed by atoms with Crippen molar-refractivity contribution in [3.8, 4) is 11.5 Å². The van der Waals surface area contributed by atoms with Gasteiger partial charge in [-0.05, 0) is 33.7 Å². The molecule has 8 nitrogen and oxygen atoms in total. The summed E-state index contributed by atoms with van der Waals surface area (Å²) in [5.41, 5.74) is 0. The Hall–Kier alpha value is -2.70. The zero-order chi connectivity index (χ0) is 23.8. The van der Waals surface area contributed by atoms with Gasteiger partial charge >= 0.3 is 20.8 Å². The van der Waals surface area contributed by atoms with Gasteiger partial charge in [-0.2, -0.15) is 16.8 Å². The molecule has 35 heavy (non-hydrogen) atoms. The smallest absolute Gasteiger partial charge is 0.360 e. The second kappa shape index (κ2) is 8.17. The van der Waals surface area contributed by atoms with Crippen molar-refractivity contribution in [2.45, 2.75) is 0 Å². The molecule has 171 valence electrons. The minimum absolute atomic E-state index is 0. The minimum atomic E-state index is -4.84. The van der Waals surface area contributed by atoms with Crippen molar-refractivity contribution in [2.75, 3.05) is 0 Å². The molecule has 0 aliphatic rings. The number of hydrogen-bond acceptors (Lipinski definition) is 6. The molecule has 0 fully saturated rings. The van der Waals surface area contributed by atoms with Crippen LogP contribution in [0.1, 0.15) is 0 Å². The molecule has 0 heterocycles. The van der Waals surface area contributed by atoms with E-state index < -0.39 is 20.8 Å². The first-order chi connectivity index (χ1) is 16.1. The summed E-state index contributed by atoms with van der Waals surface area (Å²) in [5, 5.41) is 5.82. The van der Waals surface area contributed by atoms with E-state index in [4.69, 9.17) is 8.37 Å². The Morgan fingerprint density at radius 3 is 1.11 bits per heavy atom. The third-order valence-corrected chi connectivity index (χ3v) is 6.71. The molecule has 6 aromatic carbocycles. The van der Waals surface area contributed by atoms with Crippen molar-refractivity contribution in [3.05, 3.63) is 72.8 Å². The van der Waals surface area contributed by atoms with Crippen LogP contribution in [0.4, 0.5) is 0 Å². The Morgan fingerprint density at radius 2 is 0.771 bits per heavy atom. The van der Waals surface area contributed by atoms with Gasteiger partial charge in [-0.1, -0.05) is 60.7 Å². The molecule has 0 amide bonds. The number of hydrogen-bond donors (Lipinski definition) is 2. The maximum absolute atomic E-state index is 11.7. The summed E-state index contributed by atoms with van der Waals surface area (Å²) >= 11 is 0. The fraction of sp³-hybridized carbons (Fsp3) is 0. The van der Waals surface area contributed by atoms with Crippen LogP contribution in [0, 0.1) is 0 Å². The van der Waals surface area contributed by atoms with Gasteiger partial charge < -0.3 is 8.37 Å². The van der Waals surface area contributed by atoms with Crippen LogP contribution in [0.15, 0.2) is 72.8 Å². The molecule has 11 heteroatoms. The standard InChI is InChI=1S/C24H14O8S2.Na/c25-33(26,27)31-23-17-7-3-1-5-13(17)15-9-11-20-22-16(10-12-19(23)21(15)22)14-6-2-4-8-18(14)24(20)32-34(28,29)30;/h1-12H,(H,25,26,27)(H,28,29,30);. The first-order valence-corrected chi connectivity index (χ1v) is 12.7. The van der Waals surface area contributed by atoms with Crippen LogP contribution in [-0.4, -0.2) is 55.5 Å². The van der Waals surface area contributed by atoms with Gasteiger partial charge in [-0.3, -0.25) is 9.11 Å². The Morgan fingerprint density at radius 1 is 0.457 bits per heavy atom. The van der Waals surface area contributed by atoms with Gasteiger partial charge in [0.1, 0.15) is 0 Å². The molecule has 6 rings (SSSR count). The summed E-state index contributed by atoms with van der Waals surface area (Å²) in [6.07, 6.45) is 0. The van der Waals surface area contributed by atoms with Crippen LogP contribution >= 0.6 is 0 Å². The summed E-state index contributed by atoms with van der Waals surface area (Å²) in [6, 6.07) is 20.9. The molecule has 0 saturated heterocycles. The fourth-order valence-corrected chi connectivity index (χ4v) is 5.62. The van der Waals surface area contributed by atoms with Crippen LogP contribution in [-0.2, 0) is 20.8 Å². The first-order valence-electron chi connectivity index (χ1n) is 10.00. The van der Waals surface area contributed by atoms with Crippen molar-refractivity contribution in [1.29, 1.82) is 0 Å². The van der Waals surface area contributed by atoms with Crippen molar-refractivity contribution < 1.29 is 34.3 Å². The summed E-state index contributed by atoms with van der Waals surface area (Å²) in [4.78, 5) is 0. The summed E-state index contributed by atoms with van der Waals surface area (Å²) in [7, 11) is -9.68. The van der Waals surface area contributed by atoms with Crippen molar-refractivity contribution in [2.24, 2.45) is 0 Å². The number of rotatable bonds is 4. The summed E-state index contributed by atoms with van der Waals surface area (Å²) in [5.74, 6) is -0.101. The monoisotopic (exact) mass is 517 g/mol. The van der Waals surface area contributed by atoms with Gasteiger partial charge in [0.15, 0.2) is 11.5 Å². The first kappa shape index (κ1) is 24.0. The molecular formula is C24H14NaO8S2. The number of benzene rings is 6. The van der Waals surface area contributed by atoms with Crippen LogP contribution < -0.4 is 8.37 Å². The van der Waals surface area contributed by atoms with Crippen LogP contribution in [0.3, 0.4) is 0 Å². The molecule has 0 bridgehead atoms. The van der Waals surface area contributed by atoms with Crippen LogP contribution in [0.5, 0.6) is 11.5 Å². The molecule has 0 atom stereocenters. The molecule has 1 radical (unpaired) electrons. The van der Waals surface area contributed by atoms with E-state index in [1.165, 1.54) is 0 Å². The van der Waals surface area contributed by atoms with Gasteiger partial charge in [0.25, 0.3) is 0 Å². The van der Waals surface area contributed by atoms with Gasteiger partial charge in [-0.15, -0.1) is 0 Å². The SMILES string of the molecule is O=S(=O)(O)Oc1c2ccccc2c2ccc3c(OS(=O)(=O)O)c4ccccc4c4ccc1c2c34.[Na]. The molecule has 0 saturated carbocycles. The minimum Gasteiger partial charge on any atom is -0.360 e. The predicted octanol–water partition coefficient (Wildman–Crippen LogP) is 4.87. The van der Waals surface area contributed by atoms with Crippen molar-refractivity contribution in [1.82, 2.24) is 0 Å². The van der Waals surface area contributed by atoms with Crippen LogP contribution in [0.25, 0.3) is 53.9 Å². The van der Waals surface area contributed by atoms with Gasteiger partial charge in [0.05, 0.1) is 0 Å². The van der Waals surface area contributed by atoms with E-state index in [0.717, 1.165) is 10.8 Å². The quantitative estimate of drug-likeness (QED) is 0.147. The molecule has 6 aromatic rings. The fourth-order valence-electron chi connectivity index (χ4n) is 4.84. The Bertz CT molecular complexity index is 1870. The van der Waals surface area contributed by atoms with Gasteiger partial charge in [0.2, 0.25) is 0 Å². The van der Waals surface area contributed by atoms with E-state index in [2.05, 4.69) is 0 Å². The van der Waals surface area contributed by atoms with Crippen molar-refractivity contribution >= 4 is 104 Å². The third-order valence-electron chi connectivity index (χ3n) is 5.95. The maximum Gasteiger partial charge on any atom is 0.446 e. The van der Waals surface area contributed by atoms with E-state index in [9.17, 15) is 25.9 Å². The van der Waals surface area contributed by atoms with E-state index in [1.807, 2.05) is 0 Å². The van der Waals surface area contributed by atoms with E-state index >= 15 is 0 Å². The molecule has 0 aromatic heterocycles. The van der Waals surface area contributed by atoms with E-state index in [0.29, 0.717) is 43.1 Å². The maximum atomic E-state index is 11.7. The van der Waals surface area contributed by atoms with Crippen LogP contribution in [0.2, 0.25) is 0 Å². The van der Waals surface area contributed by atoms with Crippen molar-refractivity contribution in [3.63, 3.8) is 0 Å². The second-order valence-electron chi connectivity index (χ2n) is 7.84. The summed E-state index contributed by atoms with van der Waals surface area (Å²) in [6.45, 7) is 0. The Kier molecular flexibility index (Phi) is 5.61. The normalized spacial score (nSPS) is 12.5. The molecule has 0 spiro atoms. The Balaban J connectivity index is 0.00000253. The van der Waals surface area contributed by atoms with Gasteiger partial charge in [0, 0.05) is 61.9 Å². The topological polar surface area (TPSA) is 127 Å². The molecule has 0 aliphatic carbocycles. The van der Waals surface area contributed by atoms with E-state index in [-0.39, 0.29) is 41.1 Å². The second-order valence-corrected chi connectivity index (χ2v) is 9.89. The zero-order valence-corrected chi connectivity index (χ0v) is 21.7. The molecule has 0 aliphatic heterocycles. The van der Waals surface area contributed by atoms with Gasteiger partial charge in [-0.25, -0.2) is 0 Å². The zero-order valence-electron chi connectivity index (χ0n) is 18.1. The predicted molar refractivity (Wildman–Crippen MR) is 135 cm³/mol. The number of fused-ring (bicyclic) bond motifs is 4. The van der Waals surface area contributed by atoms with E-state index in [1.54, 1.807) is 72.8 Å². The Labute approximate surface area is 221 Å². The molecular weight excluding hydrogens is 503 g/mol. The third kappa shape index (κ3) is 3.87. The molecule has 0 unspecified atom stereocenters. The average Bonchev–Trinajstić information content (AvgIpc) is 2.78. The average molecular weight is 517 g/mol.